The molecule has 2 heterocycles. The van der Waals surface area contributed by atoms with Gasteiger partial charge in [-0.3, -0.25) is 4.79 Å². The standard InChI is InChI=1S/C24H20Cl2N4O3/c1-3-19(24(32)33)28-23(31)20-13(2)29-30-21(14-8-10-15(25)11-9-14)17(12-27-22(20)30)16-6-4-5-7-18(16)26/h4-12,19H,3H2,1-2H3,(H,28,31)(H,32,33). The summed E-state index contributed by atoms with van der Waals surface area (Å²) in [6.45, 7) is 3.38. The van der Waals surface area contributed by atoms with Crippen LogP contribution < -0.4 is 5.32 Å². The molecule has 2 N–H and O–H groups in total. The van der Waals surface area contributed by atoms with Crippen LogP contribution >= 0.6 is 23.2 Å². The molecule has 0 aliphatic heterocycles. The molecule has 168 valence electrons. The van der Waals surface area contributed by atoms with Crippen LogP contribution in [0.5, 0.6) is 0 Å². The molecule has 0 saturated heterocycles. The van der Waals surface area contributed by atoms with Crippen molar-refractivity contribution in [1.82, 2.24) is 19.9 Å². The van der Waals surface area contributed by atoms with Crippen molar-refractivity contribution in [3.05, 3.63) is 76.0 Å². The van der Waals surface area contributed by atoms with Gasteiger partial charge in [0, 0.05) is 32.9 Å². The molecule has 33 heavy (non-hydrogen) atoms. The van der Waals surface area contributed by atoms with Crippen molar-refractivity contribution in [2.24, 2.45) is 0 Å². The lowest BCUT2D eigenvalue weighted by atomic mass is 10.0. The maximum absolute atomic E-state index is 13.0. The van der Waals surface area contributed by atoms with Gasteiger partial charge in [-0.1, -0.05) is 60.5 Å². The zero-order chi connectivity index (χ0) is 23.7. The third kappa shape index (κ3) is 4.29. The Kier molecular flexibility index (Phi) is 6.35. The summed E-state index contributed by atoms with van der Waals surface area (Å²) < 4.78 is 1.59. The molecule has 0 radical (unpaired) electrons. The fourth-order valence-corrected chi connectivity index (χ4v) is 4.05. The summed E-state index contributed by atoms with van der Waals surface area (Å²) >= 11 is 12.6. The minimum absolute atomic E-state index is 0.218. The zero-order valence-corrected chi connectivity index (χ0v) is 19.4. The molecule has 0 bridgehead atoms. The average Bonchev–Trinajstić information content (AvgIpc) is 3.13. The van der Waals surface area contributed by atoms with Crippen LogP contribution in [0.2, 0.25) is 10.0 Å². The van der Waals surface area contributed by atoms with E-state index in [1.54, 1.807) is 42.8 Å². The highest BCUT2D eigenvalue weighted by molar-refractivity contribution is 6.33. The third-order valence-corrected chi connectivity index (χ3v) is 5.92. The van der Waals surface area contributed by atoms with Crippen LogP contribution in [0.15, 0.2) is 54.7 Å². The molecule has 4 rings (SSSR count). The number of carboxylic acid groups (broad SMARTS) is 1. The van der Waals surface area contributed by atoms with Crippen molar-refractivity contribution >= 4 is 40.7 Å². The van der Waals surface area contributed by atoms with Gasteiger partial charge < -0.3 is 10.4 Å². The van der Waals surface area contributed by atoms with Gasteiger partial charge in [0.05, 0.1) is 11.4 Å². The van der Waals surface area contributed by atoms with E-state index in [4.69, 9.17) is 23.2 Å². The molecule has 2 aromatic carbocycles. The Balaban J connectivity index is 1.96. The van der Waals surface area contributed by atoms with Gasteiger partial charge in [0.2, 0.25) is 0 Å². The molecular weight excluding hydrogens is 463 g/mol. The Morgan fingerprint density at radius 1 is 1.09 bits per heavy atom. The van der Waals surface area contributed by atoms with E-state index < -0.39 is 17.9 Å². The quantitative estimate of drug-likeness (QED) is 0.390. The van der Waals surface area contributed by atoms with Crippen molar-refractivity contribution in [3.8, 4) is 22.4 Å². The molecule has 4 aromatic rings. The number of amides is 1. The van der Waals surface area contributed by atoms with Crippen molar-refractivity contribution in [2.75, 3.05) is 0 Å². The van der Waals surface area contributed by atoms with Crippen LogP contribution in [0, 0.1) is 6.92 Å². The van der Waals surface area contributed by atoms with Gasteiger partial charge in [0.15, 0.2) is 5.65 Å². The number of aliphatic carboxylic acids is 1. The number of aromatic nitrogens is 3. The van der Waals surface area contributed by atoms with Crippen molar-refractivity contribution in [3.63, 3.8) is 0 Å². The molecule has 9 heteroatoms. The second-order valence-electron chi connectivity index (χ2n) is 7.48. The Morgan fingerprint density at radius 2 is 1.79 bits per heavy atom. The molecule has 1 unspecified atom stereocenters. The summed E-state index contributed by atoms with van der Waals surface area (Å²) in [4.78, 5) is 28.9. The van der Waals surface area contributed by atoms with E-state index in [1.165, 1.54) is 0 Å². The Labute approximate surface area is 200 Å². The third-order valence-electron chi connectivity index (χ3n) is 5.34. The van der Waals surface area contributed by atoms with Gasteiger partial charge in [-0.15, -0.1) is 0 Å². The van der Waals surface area contributed by atoms with Crippen LogP contribution in [-0.4, -0.2) is 37.6 Å². The number of carbonyl (C=O) groups excluding carboxylic acids is 1. The number of carbonyl (C=O) groups is 2. The van der Waals surface area contributed by atoms with Crippen LogP contribution in [0.4, 0.5) is 0 Å². The lowest BCUT2D eigenvalue weighted by Gasteiger charge is -2.14. The molecular formula is C24H20Cl2N4O3. The van der Waals surface area contributed by atoms with E-state index in [-0.39, 0.29) is 12.0 Å². The number of halogens is 2. The van der Waals surface area contributed by atoms with Crippen LogP contribution in [0.25, 0.3) is 28.0 Å². The number of aryl methyl sites for hydroxylation is 1. The van der Waals surface area contributed by atoms with Gasteiger partial charge in [0.1, 0.15) is 11.6 Å². The van der Waals surface area contributed by atoms with Crippen LogP contribution in [0.3, 0.4) is 0 Å². The van der Waals surface area contributed by atoms with E-state index in [9.17, 15) is 14.7 Å². The SMILES string of the molecule is CCC(NC(=O)c1c(C)nn2c(-c3ccc(Cl)cc3)c(-c3ccccc3Cl)cnc12)C(=O)O. The average molecular weight is 483 g/mol. The van der Waals surface area contributed by atoms with Crippen LogP contribution in [0.1, 0.15) is 29.4 Å². The molecule has 0 saturated carbocycles. The minimum atomic E-state index is -1.10. The molecule has 0 aliphatic rings. The molecule has 7 nitrogen and oxygen atoms in total. The first-order chi connectivity index (χ1) is 15.8. The highest BCUT2D eigenvalue weighted by Gasteiger charge is 2.26. The van der Waals surface area contributed by atoms with E-state index in [0.717, 1.165) is 16.7 Å². The molecule has 1 atom stereocenters. The first-order valence-corrected chi connectivity index (χ1v) is 11.0. The van der Waals surface area contributed by atoms with Gasteiger partial charge in [0.25, 0.3) is 5.91 Å². The summed E-state index contributed by atoms with van der Waals surface area (Å²) in [5, 5.41) is 17.6. The maximum Gasteiger partial charge on any atom is 0.326 e. The fourth-order valence-electron chi connectivity index (χ4n) is 3.69. The minimum Gasteiger partial charge on any atom is -0.480 e. The maximum atomic E-state index is 13.0. The van der Waals surface area contributed by atoms with Crippen LogP contribution in [-0.2, 0) is 4.79 Å². The smallest absolute Gasteiger partial charge is 0.326 e. The number of benzene rings is 2. The van der Waals surface area contributed by atoms with E-state index in [2.05, 4.69) is 15.4 Å². The number of fused-ring (bicyclic) bond motifs is 1. The van der Waals surface area contributed by atoms with Crippen molar-refractivity contribution in [2.45, 2.75) is 26.3 Å². The highest BCUT2D eigenvalue weighted by atomic mass is 35.5. The first kappa shape index (κ1) is 22.8. The topological polar surface area (TPSA) is 96.6 Å². The number of carboxylic acids is 1. The summed E-state index contributed by atoms with van der Waals surface area (Å²) in [5.74, 6) is -1.65. The fraction of sp³-hybridized carbons (Fsp3) is 0.167. The largest absolute Gasteiger partial charge is 0.480 e. The van der Waals surface area contributed by atoms with Gasteiger partial charge in [-0.25, -0.2) is 14.3 Å². The van der Waals surface area contributed by atoms with E-state index in [0.29, 0.717) is 27.1 Å². The molecule has 0 spiro atoms. The Morgan fingerprint density at radius 3 is 2.42 bits per heavy atom. The number of hydrogen-bond donors (Lipinski definition) is 2. The lowest BCUT2D eigenvalue weighted by Crippen LogP contribution is -2.40. The number of nitrogens with one attached hydrogen (secondary N) is 1. The highest BCUT2D eigenvalue weighted by Crippen LogP contribution is 2.36. The van der Waals surface area contributed by atoms with Gasteiger partial charge >= 0.3 is 5.97 Å². The van der Waals surface area contributed by atoms with Crippen molar-refractivity contribution < 1.29 is 14.7 Å². The summed E-state index contributed by atoms with van der Waals surface area (Å²) in [7, 11) is 0. The number of hydrogen-bond acceptors (Lipinski definition) is 4. The zero-order valence-electron chi connectivity index (χ0n) is 17.8. The lowest BCUT2D eigenvalue weighted by molar-refractivity contribution is -0.139. The predicted molar refractivity (Wildman–Crippen MR) is 128 cm³/mol. The second kappa shape index (κ2) is 9.21. The number of rotatable bonds is 6. The van der Waals surface area contributed by atoms with Gasteiger partial charge in [-0.05, 0) is 31.5 Å². The van der Waals surface area contributed by atoms with E-state index >= 15 is 0 Å². The normalized spacial score (nSPS) is 12.0. The first-order valence-electron chi connectivity index (χ1n) is 10.2. The monoisotopic (exact) mass is 482 g/mol. The van der Waals surface area contributed by atoms with Crippen molar-refractivity contribution in [1.29, 1.82) is 0 Å². The Bertz CT molecular complexity index is 1370. The summed E-state index contributed by atoms with van der Waals surface area (Å²) in [6, 6.07) is 13.6. The summed E-state index contributed by atoms with van der Waals surface area (Å²) in [6.07, 6.45) is 1.90. The predicted octanol–water partition coefficient (Wildman–Crippen LogP) is 5.27. The number of nitrogens with zero attached hydrogens (tertiary/aromatic N) is 3. The summed E-state index contributed by atoms with van der Waals surface area (Å²) in [5.41, 5.74) is 3.91. The molecule has 1 amide bonds. The second-order valence-corrected chi connectivity index (χ2v) is 8.32. The molecule has 0 aliphatic carbocycles. The molecule has 0 fully saturated rings. The molecule has 2 aromatic heterocycles. The van der Waals surface area contributed by atoms with E-state index in [1.807, 2.05) is 30.3 Å². The Hall–Kier alpha value is -3.42. The van der Waals surface area contributed by atoms with Gasteiger partial charge in [-0.2, -0.15) is 5.10 Å².